The third-order valence-corrected chi connectivity index (χ3v) is 11.1. The van der Waals surface area contributed by atoms with Crippen molar-refractivity contribution in [1.29, 1.82) is 0 Å². The average molecular weight is 808 g/mol. The van der Waals surface area contributed by atoms with Crippen LogP contribution < -0.4 is 14.4 Å². The van der Waals surface area contributed by atoms with E-state index in [9.17, 15) is 31.2 Å². The zero-order chi connectivity index (χ0) is 40.8. The number of halogens is 3. The Kier molecular flexibility index (Phi) is 12.8. The van der Waals surface area contributed by atoms with Gasteiger partial charge in [-0.3, -0.25) is 19.2 Å². The molecule has 2 fully saturated rings. The predicted octanol–water partition coefficient (Wildman–Crippen LogP) is 7.71. The fourth-order valence-corrected chi connectivity index (χ4v) is 8.22. The van der Waals surface area contributed by atoms with Crippen molar-refractivity contribution in [1.82, 2.24) is 14.8 Å². The van der Waals surface area contributed by atoms with Crippen molar-refractivity contribution in [3.8, 4) is 11.6 Å². The van der Waals surface area contributed by atoms with Crippen molar-refractivity contribution in [3.05, 3.63) is 113 Å². The maximum atomic E-state index is 13.9. The molecule has 3 heterocycles. The van der Waals surface area contributed by atoms with Crippen molar-refractivity contribution >= 4 is 33.3 Å². The van der Waals surface area contributed by atoms with Crippen LogP contribution in [0.3, 0.4) is 0 Å². The van der Waals surface area contributed by atoms with Crippen LogP contribution in [-0.2, 0) is 31.5 Å². The Labute approximate surface area is 331 Å². The van der Waals surface area contributed by atoms with Gasteiger partial charge in [0.1, 0.15) is 11.4 Å². The molecule has 2 saturated heterocycles. The van der Waals surface area contributed by atoms with Crippen LogP contribution in [0.5, 0.6) is 11.6 Å². The summed E-state index contributed by atoms with van der Waals surface area (Å²) < 4.78 is 79.5. The number of piperidine rings is 1. The lowest BCUT2D eigenvalue weighted by Crippen LogP contribution is -2.47. The van der Waals surface area contributed by atoms with Crippen LogP contribution in [0.1, 0.15) is 73.0 Å². The summed E-state index contributed by atoms with van der Waals surface area (Å²) in [6, 6.07) is 23.5. The zero-order valence-corrected chi connectivity index (χ0v) is 33.1. The van der Waals surface area contributed by atoms with Crippen molar-refractivity contribution in [3.63, 3.8) is 0 Å². The molecule has 0 unspecified atom stereocenters. The molecule has 0 bridgehead atoms. The standard InChI is InChI=1S/C42H48F3N5O6S/c1-41(2,3)56-39(51)19-20-48-23-25-49(26-24-48)37-15-11-33(27-36(37)47-57(53,54)29-30-7-5-4-6-8-30)40(52)50-21-17-32(18-22-50)31-9-13-35(14-10-31)55-38-16-12-34(28-46-38)42(43,44)45/h4-16,27-28,32,47H,17-26,29H2,1-3H3. The second kappa shape index (κ2) is 17.6. The van der Waals surface area contributed by atoms with Crippen molar-refractivity contribution in [2.75, 3.05) is 55.4 Å². The van der Waals surface area contributed by atoms with Gasteiger partial charge in [0.05, 0.1) is 29.1 Å². The SMILES string of the molecule is CC(C)(C)OC(=O)CCN1CCN(c2ccc(C(=O)N3CCC(c4ccc(Oc5ccc(C(F)(F)F)cn5)cc4)CC3)cc2NS(=O)(=O)Cc2ccccc2)CC1. The summed E-state index contributed by atoms with van der Waals surface area (Å²) in [6.45, 7) is 9.62. The number of carbonyl (C=O) groups is 2. The molecule has 0 saturated carbocycles. The Balaban J connectivity index is 1.09. The number of amides is 1. The van der Waals surface area contributed by atoms with Gasteiger partial charge < -0.3 is 19.3 Å². The molecule has 1 N–H and O–H groups in total. The number of ether oxygens (including phenoxy) is 2. The lowest BCUT2D eigenvalue weighted by molar-refractivity contribution is -0.155. The molecular formula is C42H48F3N5O6S. The van der Waals surface area contributed by atoms with Gasteiger partial charge in [-0.05, 0) is 87.1 Å². The number of anilines is 2. The van der Waals surface area contributed by atoms with E-state index < -0.39 is 27.4 Å². The monoisotopic (exact) mass is 807 g/mol. The summed E-state index contributed by atoms with van der Waals surface area (Å²) in [5.41, 5.74) is 1.69. The Morgan fingerprint density at radius 1 is 0.860 bits per heavy atom. The summed E-state index contributed by atoms with van der Waals surface area (Å²) in [5.74, 6) is 0.0102. The molecule has 0 radical (unpaired) electrons. The highest BCUT2D eigenvalue weighted by Gasteiger charge is 2.31. The van der Waals surface area contributed by atoms with Gasteiger partial charge in [-0.1, -0.05) is 42.5 Å². The van der Waals surface area contributed by atoms with Crippen molar-refractivity contribution < 1.29 is 40.7 Å². The maximum Gasteiger partial charge on any atom is 0.417 e. The minimum atomic E-state index is -4.48. The van der Waals surface area contributed by atoms with Gasteiger partial charge in [-0.2, -0.15) is 13.2 Å². The van der Waals surface area contributed by atoms with Crippen LogP contribution in [0.15, 0.2) is 91.1 Å². The van der Waals surface area contributed by atoms with Crippen LogP contribution in [-0.4, -0.2) is 86.5 Å². The number of likely N-dealkylation sites (tertiary alicyclic amines) is 1. The number of pyridine rings is 1. The van der Waals surface area contributed by atoms with Crippen molar-refractivity contribution in [2.45, 2.75) is 63.5 Å². The molecule has 2 aliphatic heterocycles. The molecule has 4 aromatic rings. The summed E-state index contributed by atoms with van der Waals surface area (Å²) >= 11 is 0. The van der Waals surface area contributed by atoms with Gasteiger partial charge in [0.2, 0.25) is 15.9 Å². The van der Waals surface area contributed by atoms with E-state index in [0.717, 1.165) is 17.8 Å². The van der Waals surface area contributed by atoms with Gasteiger partial charge in [0, 0.05) is 63.6 Å². The van der Waals surface area contributed by atoms with Crippen LogP contribution in [0.2, 0.25) is 0 Å². The minimum absolute atomic E-state index is 0.0532. The van der Waals surface area contributed by atoms with Crippen LogP contribution in [0.4, 0.5) is 24.5 Å². The first-order valence-electron chi connectivity index (χ1n) is 19.0. The van der Waals surface area contributed by atoms with E-state index >= 15 is 0 Å². The molecular weight excluding hydrogens is 760 g/mol. The molecule has 15 heteroatoms. The van der Waals surface area contributed by atoms with Gasteiger partial charge in [-0.15, -0.1) is 0 Å². The third-order valence-electron chi connectivity index (χ3n) is 9.89. The quantitative estimate of drug-likeness (QED) is 0.144. The van der Waals surface area contributed by atoms with Crippen molar-refractivity contribution in [2.24, 2.45) is 0 Å². The second-order valence-corrected chi connectivity index (χ2v) is 17.1. The van der Waals surface area contributed by atoms with Gasteiger partial charge >= 0.3 is 12.1 Å². The number of aromatic nitrogens is 1. The maximum absolute atomic E-state index is 13.9. The number of hydrogen-bond acceptors (Lipinski definition) is 9. The minimum Gasteiger partial charge on any atom is -0.460 e. The Bertz CT molecular complexity index is 2100. The second-order valence-electron chi connectivity index (χ2n) is 15.4. The number of benzene rings is 3. The lowest BCUT2D eigenvalue weighted by atomic mass is 9.89. The molecule has 6 rings (SSSR count). The molecule has 3 aromatic carbocycles. The van der Waals surface area contributed by atoms with Gasteiger partial charge in [-0.25, -0.2) is 13.4 Å². The number of nitrogens with one attached hydrogen (secondary N) is 1. The summed E-state index contributed by atoms with van der Waals surface area (Å²) in [5, 5.41) is 0. The number of esters is 1. The number of piperazine rings is 1. The molecule has 11 nitrogen and oxygen atoms in total. The first-order chi connectivity index (χ1) is 27.0. The molecule has 0 spiro atoms. The Morgan fingerprint density at radius 3 is 2.16 bits per heavy atom. The van der Waals surface area contributed by atoms with Crippen LogP contribution >= 0.6 is 0 Å². The van der Waals surface area contributed by atoms with E-state index in [2.05, 4.69) is 19.5 Å². The summed E-state index contributed by atoms with van der Waals surface area (Å²) in [7, 11) is -3.84. The fourth-order valence-electron chi connectivity index (χ4n) is 7.01. The molecule has 57 heavy (non-hydrogen) atoms. The Morgan fingerprint density at radius 2 is 1.54 bits per heavy atom. The largest absolute Gasteiger partial charge is 0.460 e. The van der Waals surface area contributed by atoms with E-state index in [-0.39, 0.29) is 35.8 Å². The highest BCUT2D eigenvalue weighted by atomic mass is 32.2. The molecule has 304 valence electrons. The number of hydrogen-bond donors (Lipinski definition) is 1. The van der Waals surface area contributed by atoms with Gasteiger partial charge in [0.15, 0.2) is 0 Å². The number of rotatable bonds is 12. The number of sulfonamides is 1. The topological polar surface area (TPSA) is 121 Å². The highest BCUT2D eigenvalue weighted by molar-refractivity contribution is 7.91. The van der Waals surface area contributed by atoms with E-state index in [1.54, 1.807) is 59.5 Å². The Hall–Kier alpha value is -5.15. The predicted molar refractivity (Wildman–Crippen MR) is 212 cm³/mol. The van der Waals surface area contributed by atoms with E-state index in [4.69, 9.17) is 9.47 Å². The molecule has 1 aromatic heterocycles. The first kappa shape index (κ1) is 41.5. The first-order valence-corrected chi connectivity index (χ1v) is 20.6. The van der Waals surface area contributed by atoms with Crippen LogP contribution in [0, 0.1) is 0 Å². The number of carbonyl (C=O) groups excluding carboxylic acids is 2. The smallest absolute Gasteiger partial charge is 0.417 e. The number of alkyl halides is 3. The lowest BCUT2D eigenvalue weighted by Gasteiger charge is -2.37. The third kappa shape index (κ3) is 11.7. The highest BCUT2D eigenvalue weighted by Crippen LogP contribution is 2.34. The fraction of sp³-hybridized carbons (Fsp3) is 0.405. The zero-order valence-electron chi connectivity index (χ0n) is 32.3. The normalized spacial score (nSPS) is 16.0. The van der Waals surface area contributed by atoms with E-state index in [0.29, 0.717) is 86.9 Å². The summed E-state index contributed by atoms with van der Waals surface area (Å²) in [6.07, 6.45) is -2.05. The molecule has 0 aliphatic carbocycles. The van der Waals surface area contributed by atoms with Crippen LogP contribution in [0.25, 0.3) is 0 Å². The average Bonchev–Trinajstić information content (AvgIpc) is 3.17. The van der Waals surface area contributed by atoms with E-state index in [1.165, 1.54) is 6.07 Å². The molecule has 1 amide bonds. The van der Waals surface area contributed by atoms with Gasteiger partial charge in [0.25, 0.3) is 5.91 Å². The molecule has 2 aliphatic rings. The number of nitrogens with zero attached hydrogens (tertiary/aromatic N) is 4. The van der Waals surface area contributed by atoms with E-state index in [1.807, 2.05) is 39.0 Å². The molecule has 0 atom stereocenters. The summed E-state index contributed by atoms with van der Waals surface area (Å²) in [4.78, 5) is 36.0.